The second kappa shape index (κ2) is 3.35. The molecule has 0 aromatic rings. The van der Waals surface area contributed by atoms with Crippen molar-refractivity contribution >= 4 is 0 Å². The predicted octanol–water partition coefficient (Wildman–Crippen LogP) is 0.936. The second-order valence-electron chi connectivity index (χ2n) is 4.57. The summed E-state index contributed by atoms with van der Waals surface area (Å²) in [5.74, 6) is 1.78. The third kappa shape index (κ3) is 1.80. The van der Waals surface area contributed by atoms with Crippen molar-refractivity contribution in [2.45, 2.75) is 25.8 Å². The first kappa shape index (κ1) is 8.52. The Labute approximate surface area is 75.3 Å². The summed E-state index contributed by atoms with van der Waals surface area (Å²) in [6, 6.07) is 0.929. The third-order valence-electron chi connectivity index (χ3n) is 3.37. The zero-order chi connectivity index (χ0) is 8.55. The van der Waals surface area contributed by atoms with E-state index in [2.05, 4.69) is 24.2 Å². The summed E-state index contributed by atoms with van der Waals surface area (Å²) in [5, 5.41) is 3.46. The average Bonchev–Trinajstić information content (AvgIpc) is 2.80. The fourth-order valence-electron chi connectivity index (χ4n) is 2.14. The Hall–Kier alpha value is -0.0800. The maximum absolute atomic E-state index is 3.46. The van der Waals surface area contributed by atoms with Gasteiger partial charge in [-0.15, -0.1) is 0 Å². The number of hydrogen-bond acceptors (Lipinski definition) is 2. The van der Waals surface area contributed by atoms with Crippen molar-refractivity contribution in [3.05, 3.63) is 0 Å². The summed E-state index contributed by atoms with van der Waals surface area (Å²) >= 11 is 0. The molecule has 0 radical (unpaired) electrons. The van der Waals surface area contributed by atoms with Crippen LogP contribution >= 0.6 is 0 Å². The van der Waals surface area contributed by atoms with E-state index in [0.717, 1.165) is 17.9 Å². The minimum Gasteiger partial charge on any atom is -0.316 e. The lowest BCUT2D eigenvalue weighted by Crippen LogP contribution is -2.30. The van der Waals surface area contributed by atoms with E-state index >= 15 is 0 Å². The fourth-order valence-corrected chi connectivity index (χ4v) is 2.14. The molecule has 1 heterocycles. The highest BCUT2D eigenvalue weighted by Crippen LogP contribution is 2.27. The molecule has 1 N–H and O–H groups in total. The van der Waals surface area contributed by atoms with Gasteiger partial charge < -0.3 is 10.2 Å². The molecule has 2 atom stereocenters. The summed E-state index contributed by atoms with van der Waals surface area (Å²) in [6.07, 6.45) is 2.87. The zero-order valence-corrected chi connectivity index (χ0v) is 8.21. The van der Waals surface area contributed by atoms with E-state index in [1.165, 1.54) is 32.5 Å². The van der Waals surface area contributed by atoms with Gasteiger partial charge in [-0.05, 0) is 44.8 Å². The van der Waals surface area contributed by atoms with Gasteiger partial charge in [-0.1, -0.05) is 6.92 Å². The van der Waals surface area contributed by atoms with Crippen LogP contribution in [0.25, 0.3) is 0 Å². The smallest absolute Gasteiger partial charge is 0.00934 e. The van der Waals surface area contributed by atoms with Crippen LogP contribution in [0.3, 0.4) is 0 Å². The fraction of sp³-hybridized carbons (Fsp3) is 1.00. The van der Waals surface area contributed by atoms with E-state index in [9.17, 15) is 0 Å². The van der Waals surface area contributed by atoms with Gasteiger partial charge in [-0.3, -0.25) is 0 Å². The Balaban J connectivity index is 1.76. The average molecular weight is 168 g/mol. The number of rotatable bonds is 3. The molecule has 2 heteroatoms. The van der Waals surface area contributed by atoms with Crippen LogP contribution < -0.4 is 5.32 Å². The number of nitrogens with zero attached hydrogens (tertiary/aromatic N) is 1. The Morgan fingerprint density at radius 3 is 2.58 bits per heavy atom. The Kier molecular flexibility index (Phi) is 2.37. The summed E-state index contributed by atoms with van der Waals surface area (Å²) in [4.78, 5) is 2.55. The lowest BCUT2D eigenvalue weighted by molar-refractivity contribution is 0.251. The first-order chi connectivity index (χ1) is 5.77. The molecule has 12 heavy (non-hydrogen) atoms. The quantitative estimate of drug-likeness (QED) is 0.674. The van der Waals surface area contributed by atoms with E-state index in [0.29, 0.717) is 0 Å². The molecule has 2 rings (SSSR count). The van der Waals surface area contributed by atoms with E-state index in [-0.39, 0.29) is 0 Å². The molecule has 1 aliphatic heterocycles. The van der Waals surface area contributed by atoms with Crippen LogP contribution in [0.2, 0.25) is 0 Å². The molecule has 0 aromatic carbocycles. The Morgan fingerprint density at radius 1 is 1.33 bits per heavy atom. The molecule has 0 aromatic heterocycles. The molecular formula is C10H20N2. The van der Waals surface area contributed by atoms with E-state index in [1.807, 2.05) is 0 Å². The van der Waals surface area contributed by atoms with Gasteiger partial charge in [0.1, 0.15) is 0 Å². The summed E-state index contributed by atoms with van der Waals surface area (Å²) in [6.45, 7) is 6.13. The van der Waals surface area contributed by atoms with Gasteiger partial charge in [0, 0.05) is 12.6 Å². The van der Waals surface area contributed by atoms with Crippen molar-refractivity contribution in [2.75, 3.05) is 26.7 Å². The van der Waals surface area contributed by atoms with Crippen molar-refractivity contribution in [1.82, 2.24) is 10.2 Å². The largest absolute Gasteiger partial charge is 0.316 e. The van der Waals surface area contributed by atoms with Crippen LogP contribution in [-0.4, -0.2) is 37.6 Å². The highest BCUT2D eigenvalue weighted by Gasteiger charge is 2.30. The van der Waals surface area contributed by atoms with Gasteiger partial charge in [-0.2, -0.15) is 0 Å². The molecule has 1 saturated carbocycles. The Bertz CT molecular complexity index is 154. The van der Waals surface area contributed by atoms with Gasteiger partial charge >= 0.3 is 0 Å². The van der Waals surface area contributed by atoms with Crippen LogP contribution in [-0.2, 0) is 0 Å². The highest BCUT2D eigenvalue weighted by atomic mass is 15.2. The lowest BCUT2D eigenvalue weighted by Gasteiger charge is -2.22. The highest BCUT2D eigenvalue weighted by molar-refractivity contribution is 4.86. The van der Waals surface area contributed by atoms with Gasteiger partial charge in [0.2, 0.25) is 0 Å². The van der Waals surface area contributed by atoms with E-state index in [1.54, 1.807) is 0 Å². The van der Waals surface area contributed by atoms with Crippen LogP contribution in [0.4, 0.5) is 0 Å². The molecule has 0 bridgehead atoms. The maximum Gasteiger partial charge on any atom is 0.00934 e. The van der Waals surface area contributed by atoms with Gasteiger partial charge in [0.05, 0.1) is 0 Å². The van der Waals surface area contributed by atoms with Gasteiger partial charge in [-0.25, -0.2) is 0 Å². The molecule has 2 fully saturated rings. The van der Waals surface area contributed by atoms with Crippen molar-refractivity contribution < 1.29 is 0 Å². The van der Waals surface area contributed by atoms with Crippen molar-refractivity contribution in [2.24, 2.45) is 11.8 Å². The van der Waals surface area contributed by atoms with Crippen LogP contribution in [0.15, 0.2) is 0 Å². The minimum atomic E-state index is 0.881. The minimum absolute atomic E-state index is 0.881. The molecule has 1 saturated heterocycles. The number of nitrogens with one attached hydrogen (secondary N) is 1. The standard InChI is InChI=1S/C10H20N2/c1-8-5-11-6-9(8)7-12(2)10-3-4-10/h8-11H,3-7H2,1-2H3. The molecule has 2 nitrogen and oxygen atoms in total. The molecular weight excluding hydrogens is 148 g/mol. The van der Waals surface area contributed by atoms with Crippen LogP contribution in [0, 0.1) is 11.8 Å². The topological polar surface area (TPSA) is 15.3 Å². The van der Waals surface area contributed by atoms with Gasteiger partial charge in [0.15, 0.2) is 0 Å². The van der Waals surface area contributed by atoms with Crippen LogP contribution in [0.1, 0.15) is 19.8 Å². The molecule has 70 valence electrons. The monoisotopic (exact) mass is 168 g/mol. The lowest BCUT2D eigenvalue weighted by atomic mass is 9.98. The number of hydrogen-bond donors (Lipinski definition) is 1. The van der Waals surface area contributed by atoms with Crippen molar-refractivity contribution in [3.63, 3.8) is 0 Å². The normalized spacial score (nSPS) is 36.2. The second-order valence-corrected chi connectivity index (χ2v) is 4.57. The summed E-state index contributed by atoms with van der Waals surface area (Å²) in [5.41, 5.74) is 0. The SMILES string of the molecule is CC1CNCC1CN(C)C1CC1. The predicted molar refractivity (Wildman–Crippen MR) is 51.2 cm³/mol. The zero-order valence-electron chi connectivity index (χ0n) is 8.21. The van der Waals surface area contributed by atoms with Crippen molar-refractivity contribution in [1.29, 1.82) is 0 Å². The first-order valence-corrected chi connectivity index (χ1v) is 5.18. The van der Waals surface area contributed by atoms with E-state index < -0.39 is 0 Å². The van der Waals surface area contributed by atoms with Gasteiger partial charge in [0.25, 0.3) is 0 Å². The third-order valence-corrected chi connectivity index (χ3v) is 3.37. The molecule has 2 aliphatic rings. The molecule has 0 spiro atoms. The van der Waals surface area contributed by atoms with Crippen LogP contribution in [0.5, 0.6) is 0 Å². The molecule has 1 aliphatic carbocycles. The summed E-state index contributed by atoms with van der Waals surface area (Å²) < 4.78 is 0. The molecule has 2 unspecified atom stereocenters. The first-order valence-electron chi connectivity index (χ1n) is 5.18. The van der Waals surface area contributed by atoms with E-state index in [4.69, 9.17) is 0 Å². The Morgan fingerprint density at radius 2 is 2.08 bits per heavy atom. The molecule has 0 amide bonds. The summed E-state index contributed by atoms with van der Waals surface area (Å²) in [7, 11) is 2.28. The van der Waals surface area contributed by atoms with Crippen molar-refractivity contribution in [3.8, 4) is 0 Å². The maximum atomic E-state index is 3.46.